The second-order valence-electron chi connectivity index (χ2n) is 6.55. The summed E-state index contributed by atoms with van der Waals surface area (Å²) in [6, 6.07) is 6.10. The summed E-state index contributed by atoms with van der Waals surface area (Å²) in [5, 5.41) is 14.9. The Bertz CT molecular complexity index is 699. The fourth-order valence-electron chi connectivity index (χ4n) is 4.04. The molecule has 4 heteroatoms. The highest BCUT2D eigenvalue weighted by atomic mass is 35.5. The Morgan fingerprint density at radius 3 is 2.87 bits per heavy atom. The molecule has 23 heavy (non-hydrogen) atoms. The Labute approximate surface area is 141 Å². The normalized spacial score (nSPS) is 29.9. The van der Waals surface area contributed by atoms with Gasteiger partial charge in [-0.05, 0) is 67.3 Å². The molecule has 0 amide bonds. The molecule has 1 aliphatic carbocycles. The molecule has 3 unspecified atom stereocenters. The average molecular weight is 329 g/mol. The van der Waals surface area contributed by atoms with Crippen molar-refractivity contribution in [3.63, 3.8) is 0 Å². The van der Waals surface area contributed by atoms with Gasteiger partial charge in [0.15, 0.2) is 0 Å². The first-order valence-corrected chi connectivity index (χ1v) is 8.71. The summed E-state index contributed by atoms with van der Waals surface area (Å²) in [6.07, 6.45) is 8.25. The number of hydrogen-bond donors (Lipinski definition) is 2. The molecule has 120 valence electrons. The minimum absolute atomic E-state index is 0.0190. The molecule has 2 heterocycles. The third kappa shape index (κ3) is 2.78. The van der Waals surface area contributed by atoms with Crippen LogP contribution in [0.3, 0.4) is 0 Å². The maximum atomic E-state index is 10.7. The summed E-state index contributed by atoms with van der Waals surface area (Å²) in [6.45, 7) is 2.03. The van der Waals surface area contributed by atoms with Crippen LogP contribution in [0.1, 0.15) is 24.0 Å². The number of nitrogens with one attached hydrogen (secondary N) is 1. The van der Waals surface area contributed by atoms with Crippen LogP contribution in [-0.4, -0.2) is 36.6 Å². The minimum atomic E-state index is -0.425. The van der Waals surface area contributed by atoms with Crippen molar-refractivity contribution in [1.29, 1.82) is 0 Å². The van der Waals surface area contributed by atoms with Crippen molar-refractivity contribution >= 4 is 23.4 Å². The number of nitrogens with zero attached hydrogens (tertiary/aromatic N) is 1. The third-order valence-electron chi connectivity index (χ3n) is 5.15. The Balaban J connectivity index is 1.92. The zero-order chi connectivity index (χ0) is 15.8. The monoisotopic (exact) mass is 328 g/mol. The zero-order valence-electron chi connectivity index (χ0n) is 13.0. The van der Waals surface area contributed by atoms with E-state index in [4.69, 9.17) is 16.6 Å². The molecule has 2 aliphatic heterocycles. The van der Waals surface area contributed by atoms with Gasteiger partial charge < -0.3 is 10.4 Å². The maximum absolute atomic E-state index is 10.7. The number of dihydropyridines is 1. The molecule has 3 nitrogen and oxygen atoms in total. The van der Waals surface area contributed by atoms with Crippen molar-refractivity contribution in [2.75, 3.05) is 13.1 Å². The van der Waals surface area contributed by atoms with Crippen molar-refractivity contribution in [3.8, 4) is 0 Å². The maximum Gasteiger partial charge on any atom is 0.0842 e. The number of aliphatic hydroxyl groups is 1. The van der Waals surface area contributed by atoms with Gasteiger partial charge in [0.2, 0.25) is 0 Å². The van der Waals surface area contributed by atoms with E-state index in [-0.39, 0.29) is 12.0 Å². The molecule has 3 aliphatic rings. The second-order valence-corrected chi connectivity index (χ2v) is 6.98. The lowest BCUT2D eigenvalue weighted by Crippen LogP contribution is -2.32. The number of benzene rings is 1. The van der Waals surface area contributed by atoms with Gasteiger partial charge in [-0.15, -0.1) is 0 Å². The lowest BCUT2D eigenvalue weighted by molar-refractivity contribution is 0.127. The standard InChI is InChI=1S/C19H21ClN2O/c20-14-3-4-15-13(10-14)11-17(23)16-2-1-7-22-19(16)18(15)12-5-8-21-9-6-12/h1-4,7,10,16-17,19,21,23H,5-6,8-9,11H2. The molecule has 2 N–H and O–H groups in total. The van der Waals surface area contributed by atoms with Crippen molar-refractivity contribution < 1.29 is 5.11 Å². The first-order chi connectivity index (χ1) is 11.2. The molecule has 0 spiro atoms. The largest absolute Gasteiger partial charge is 0.392 e. The Kier molecular flexibility index (Phi) is 4.10. The van der Waals surface area contributed by atoms with Crippen LogP contribution in [0, 0.1) is 5.92 Å². The van der Waals surface area contributed by atoms with Gasteiger partial charge in [0.25, 0.3) is 0 Å². The van der Waals surface area contributed by atoms with Crippen molar-refractivity contribution in [2.45, 2.75) is 31.4 Å². The molecule has 1 aromatic rings. The number of aliphatic hydroxyl groups excluding tert-OH is 1. The SMILES string of the molecule is OC1Cc2cc(Cl)ccc2C(=C2CCNCC2)C2N=CC=CC12. The first kappa shape index (κ1) is 15.1. The van der Waals surface area contributed by atoms with Gasteiger partial charge in [0, 0.05) is 17.2 Å². The van der Waals surface area contributed by atoms with E-state index in [1.165, 1.54) is 16.7 Å². The fraction of sp³-hybridized carbons (Fsp3) is 0.421. The number of fused-ring (bicyclic) bond motifs is 2. The van der Waals surface area contributed by atoms with E-state index in [1.54, 1.807) is 0 Å². The van der Waals surface area contributed by atoms with Crippen LogP contribution in [0.25, 0.3) is 5.57 Å². The molecule has 4 rings (SSSR count). The average Bonchev–Trinajstić information content (AvgIpc) is 2.70. The van der Waals surface area contributed by atoms with Crippen LogP contribution in [-0.2, 0) is 6.42 Å². The highest BCUT2D eigenvalue weighted by Crippen LogP contribution is 2.41. The molecular weight excluding hydrogens is 308 g/mol. The topological polar surface area (TPSA) is 44.6 Å². The van der Waals surface area contributed by atoms with Gasteiger partial charge >= 0.3 is 0 Å². The molecule has 0 aromatic heterocycles. The minimum Gasteiger partial charge on any atom is -0.392 e. The quantitative estimate of drug-likeness (QED) is 0.769. The van der Waals surface area contributed by atoms with Gasteiger partial charge in [0.1, 0.15) is 0 Å². The molecule has 1 fully saturated rings. The first-order valence-electron chi connectivity index (χ1n) is 8.33. The molecule has 0 bridgehead atoms. The van der Waals surface area contributed by atoms with Crippen molar-refractivity contribution in [1.82, 2.24) is 5.32 Å². The molecule has 1 saturated heterocycles. The summed E-state index contributed by atoms with van der Waals surface area (Å²) < 4.78 is 0. The van der Waals surface area contributed by atoms with Crippen molar-refractivity contribution in [2.24, 2.45) is 10.9 Å². The smallest absolute Gasteiger partial charge is 0.0842 e. The lowest BCUT2D eigenvalue weighted by atomic mass is 9.82. The van der Waals surface area contributed by atoms with E-state index < -0.39 is 6.10 Å². The van der Waals surface area contributed by atoms with Gasteiger partial charge in [-0.2, -0.15) is 0 Å². The van der Waals surface area contributed by atoms with Crippen LogP contribution in [0.5, 0.6) is 0 Å². The number of halogens is 1. The summed E-state index contributed by atoms with van der Waals surface area (Å²) in [7, 11) is 0. The fourth-order valence-corrected chi connectivity index (χ4v) is 4.24. The Morgan fingerprint density at radius 2 is 2.04 bits per heavy atom. The predicted molar refractivity (Wildman–Crippen MR) is 95.1 cm³/mol. The Hall–Kier alpha value is -1.42. The molecule has 3 atom stereocenters. The van der Waals surface area contributed by atoms with Gasteiger partial charge in [-0.3, -0.25) is 4.99 Å². The van der Waals surface area contributed by atoms with E-state index in [2.05, 4.69) is 17.5 Å². The lowest BCUT2D eigenvalue weighted by Gasteiger charge is -2.30. The highest BCUT2D eigenvalue weighted by molar-refractivity contribution is 6.30. The zero-order valence-corrected chi connectivity index (χ0v) is 13.8. The summed E-state index contributed by atoms with van der Waals surface area (Å²) in [4.78, 5) is 4.76. The van der Waals surface area contributed by atoms with Crippen LogP contribution < -0.4 is 5.32 Å². The summed E-state index contributed by atoms with van der Waals surface area (Å²) >= 11 is 6.21. The van der Waals surface area contributed by atoms with Gasteiger partial charge in [-0.25, -0.2) is 0 Å². The van der Waals surface area contributed by atoms with E-state index in [0.29, 0.717) is 6.42 Å². The third-order valence-corrected chi connectivity index (χ3v) is 5.38. The van der Waals surface area contributed by atoms with Crippen LogP contribution in [0.4, 0.5) is 0 Å². The molecule has 0 saturated carbocycles. The summed E-state index contributed by atoms with van der Waals surface area (Å²) in [5.74, 6) is 0.0450. The molecule has 1 aromatic carbocycles. The number of rotatable bonds is 0. The molecular formula is C19H21ClN2O. The van der Waals surface area contributed by atoms with Crippen LogP contribution in [0.2, 0.25) is 5.02 Å². The predicted octanol–water partition coefficient (Wildman–Crippen LogP) is 3.02. The number of allylic oxidation sites excluding steroid dienone is 1. The highest BCUT2D eigenvalue weighted by Gasteiger charge is 2.36. The number of aliphatic imine (C=N–C) groups is 1. The summed E-state index contributed by atoms with van der Waals surface area (Å²) in [5.41, 5.74) is 5.17. The van der Waals surface area contributed by atoms with E-state index in [0.717, 1.165) is 36.5 Å². The van der Waals surface area contributed by atoms with Gasteiger partial charge in [-0.1, -0.05) is 29.3 Å². The Morgan fingerprint density at radius 1 is 1.22 bits per heavy atom. The second kappa shape index (κ2) is 6.23. The van der Waals surface area contributed by atoms with Gasteiger partial charge in [0.05, 0.1) is 12.1 Å². The van der Waals surface area contributed by atoms with E-state index in [9.17, 15) is 5.11 Å². The van der Waals surface area contributed by atoms with E-state index >= 15 is 0 Å². The number of piperidine rings is 1. The van der Waals surface area contributed by atoms with Crippen LogP contribution >= 0.6 is 11.6 Å². The van der Waals surface area contributed by atoms with E-state index in [1.807, 2.05) is 24.4 Å². The van der Waals surface area contributed by atoms with Crippen LogP contribution in [0.15, 0.2) is 40.9 Å². The van der Waals surface area contributed by atoms with Crippen molar-refractivity contribution in [3.05, 3.63) is 52.1 Å². The molecule has 0 radical (unpaired) electrons. The number of hydrogen-bond acceptors (Lipinski definition) is 3.